The number of benzene rings is 1. The number of pyridine rings is 1. The molecule has 1 saturated heterocycles. The predicted molar refractivity (Wildman–Crippen MR) is 132 cm³/mol. The maximum Gasteiger partial charge on any atom is 0.242 e. The van der Waals surface area contributed by atoms with Gasteiger partial charge in [0, 0.05) is 62.8 Å². The van der Waals surface area contributed by atoms with Crippen LogP contribution in [0, 0.1) is 0 Å². The Balaban J connectivity index is 1.25. The van der Waals surface area contributed by atoms with Gasteiger partial charge in [0.2, 0.25) is 5.91 Å². The fraction of sp³-hybridized carbons (Fsp3) is 0.385. The van der Waals surface area contributed by atoms with Gasteiger partial charge in [-0.15, -0.1) is 0 Å². The summed E-state index contributed by atoms with van der Waals surface area (Å²) in [5.74, 6) is 0.949. The van der Waals surface area contributed by atoms with Crippen molar-refractivity contribution in [3.8, 4) is 5.75 Å². The molecule has 2 aliphatic rings. The fourth-order valence-electron chi connectivity index (χ4n) is 4.62. The van der Waals surface area contributed by atoms with Crippen LogP contribution in [0.15, 0.2) is 65.6 Å². The molecule has 0 bridgehead atoms. The van der Waals surface area contributed by atoms with Gasteiger partial charge in [0.1, 0.15) is 17.9 Å². The zero-order valence-electron chi connectivity index (χ0n) is 19.1. The molecule has 2 aliphatic heterocycles. The third kappa shape index (κ3) is 5.47. The predicted octanol–water partition coefficient (Wildman–Crippen LogP) is 3.27. The van der Waals surface area contributed by atoms with Crippen LogP contribution < -0.4 is 10.1 Å². The third-order valence-electron chi connectivity index (χ3n) is 6.36. The van der Waals surface area contributed by atoms with Crippen LogP contribution in [-0.4, -0.2) is 66.6 Å². The number of carbonyl (C=O) groups excluding carboxylic acids is 1. The van der Waals surface area contributed by atoms with Gasteiger partial charge < -0.3 is 14.8 Å². The maximum atomic E-state index is 13.3. The molecule has 178 valence electrons. The van der Waals surface area contributed by atoms with Crippen molar-refractivity contribution in [1.29, 1.82) is 0 Å². The lowest BCUT2D eigenvalue weighted by atomic mass is 10.1. The van der Waals surface area contributed by atoms with Crippen molar-refractivity contribution in [3.63, 3.8) is 0 Å². The number of rotatable bonds is 7. The van der Waals surface area contributed by atoms with E-state index in [4.69, 9.17) is 9.47 Å². The molecule has 0 radical (unpaired) electrons. The number of hydrogen-bond donors (Lipinski definition) is 1. The summed E-state index contributed by atoms with van der Waals surface area (Å²) in [6.45, 7) is 5.62. The van der Waals surface area contributed by atoms with Gasteiger partial charge in [-0.05, 0) is 34.5 Å². The number of amides is 1. The molecular weight excluding hydrogens is 448 g/mol. The molecule has 7 nitrogen and oxygen atoms in total. The summed E-state index contributed by atoms with van der Waals surface area (Å²) >= 11 is 1.68. The first-order valence-corrected chi connectivity index (χ1v) is 12.7. The molecule has 1 aromatic carbocycles. The van der Waals surface area contributed by atoms with Crippen molar-refractivity contribution >= 4 is 17.2 Å². The average Bonchev–Trinajstić information content (AvgIpc) is 3.34. The van der Waals surface area contributed by atoms with Gasteiger partial charge in [0.15, 0.2) is 0 Å². The van der Waals surface area contributed by atoms with Gasteiger partial charge in [0.05, 0.1) is 13.2 Å². The second kappa shape index (κ2) is 11.1. The highest BCUT2D eigenvalue weighted by atomic mass is 32.1. The lowest BCUT2D eigenvalue weighted by Crippen LogP contribution is -2.47. The van der Waals surface area contributed by atoms with Crippen molar-refractivity contribution in [3.05, 3.63) is 82.3 Å². The Bertz CT molecular complexity index is 1060. The van der Waals surface area contributed by atoms with Gasteiger partial charge in [-0.3, -0.25) is 19.6 Å². The minimum Gasteiger partial charge on any atom is -0.484 e. The zero-order valence-corrected chi connectivity index (χ0v) is 20.0. The molecule has 1 fully saturated rings. The molecule has 34 heavy (non-hydrogen) atoms. The summed E-state index contributed by atoms with van der Waals surface area (Å²) in [4.78, 5) is 22.1. The van der Waals surface area contributed by atoms with Crippen molar-refractivity contribution < 1.29 is 14.3 Å². The van der Waals surface area contributed by atoms with Crippen LogP contribution in [0.25, 0.3) is 0 Å². The Labute approximate surface area is 204 Å². The molecule has 5 rings (SSSR count). The summed E-state index contributed by atoms with van der Waals surface area (Å²) in [5, 5.41) is 7.43. The lowest BCUT2D eigenvalue weighted by Gasteiger charge is -2.33. The standard InChI is InChI=1S/C26H30N4O3S/c31-26(25(20-5-3-8-27-16-20)30-11-13-32-14-12-30)28-9-10-29-17-21-4-1-2-6-23(21)33-24(18-29)22-7-15-34-19-22/h1-8,15-16,19,24-25H,9-14,17-18H2,(H,28,31). The monoisotopic (exact) mass is 478 g/mol. The summed E-state index contributed by atoms with van der Waals surface area (Å²) in [7, 11) is 0. The molecule has 2 unspecified atom stereocenters. The van der Waals surface area contributed by atoms with Gasteiger partial charge >= 0.3 is 0 Å². The van der Waals surface area contributed by atoms with Crippen LogP contribution >= 0.6 is 11.3 Å². The number of carbonyl (C=O) groups is 1. The van der Waals surface area contributed by atoms with Crippen LogP contribution in [0.5, 0.6) is 5.75 Å². The fourth-order valence-corrected chi connectivity index (χ4v) is 5.32. The summed E-state index contributed by atoms with van der Waals surface area (Å²) in [5.41, 5.74) is 3.28. The summed E-state index contributed by atoms with van der Waals surface area (Å²) in [6.07, 6.45) is 3.50. The molecule has 2 atom stereocenters. The zero-order chi connectivity index (χ0) is 23.2. The van der Waals surface area contributed by atoms with Crippen LogP contribution in [0.2, 0.25) is 0 Å². The van der Waals surface area contributed by atoms with Gasteiger partial charge in [-0.2, -0.15) is 11.3 Å². The van der Waals surface area contributed by atoms with E-state index in [0.29, 0.717) is 19.8 Å². The molecule has 1 amide bonds. The van der Waals surface area contributed by atoms with E-state index in [2.05, 4.69) is 43.0 Å². The number of morpholine rings is 1. The van der Waals surface area contributed by atoms with Gasteiger partial charge in [-0.1, -0.05) is 24.3 Å². The van der Waals surface area contributed by atoms with E-state index in [1.807, 2.05) is 30.3 Å². The number of hydrogen-bond acceptors (Lipinski definition) is 7. The molecule has 0 aliphatic carbocycles. The molecule has 4 heterocycles. The second-order valence-corrected chi connectivity index (χ2v) is 9.41. The first-order chi connectivity index (χ1) is 16.8. The van der Waals surface area contributed by atoms with Crippen molar-refractivity contribution in [1.82, 2.24) is 20.1 Å². The molecule has 1 N–H and O–H groups in total. The van der Waals surface area contributed by atoms with E-state index < -0.39 is 0 Å². The molecule has 8 heteroatoms. The van der Waals surface area contributed by atoms with E-state index >= 15 is 0 Å². The summed E-state index contributed by atoms with van der Waals surface area (Å²) in [6, 6.07) is 13.9. The molecule has 2 aromatic heterocycles. The van der Waals surface area contributed by atoms with E-state index in [1.54, 1.807) is 23.7 Å². The third-order valence-corrected chi connectivity index (χ3v) is 7.06. The van der Waals surface area contributed by atoms with Crippen molar-refractivity contribution in [2.75, 3.05) is 45.9 Å². The number of aromatic nitrogens is 1. The lowest BCUT2D eigenvalue weighted by molar-refractivity contribution is -0.128. The first kappa shape index (κ1) is 23.0. The largest absolute Gasteiger partial charge is 0.484 e. The van der Waals surface area contributed by atoms with E-state index in [1.165, 1.54) is 11.1 Å². The quantitative estimate of drug-likeness (QED) is 0.562. The number of nitrogens with one attached hydrogen (secondary N) is 1. The highest BCUT2D eigenvalue weighted by Gasteiger charge is 2.30. The Morgan fingerprint density at radius 2 is 2.06 bits per heavy atom. The number of nitrogens with zero attached hydrogens (tertiary/aromatic N) is 3. The maximum absolute atomic E-state index is 13.3. The second-order valence-electron chi connectivity index (χ2n) is 8.63. The summed E-state index contributed by atoms with van der Waals surface area (Å²) < 4.78 is 11.9. The van der Waals surface area contributed by atoms with Gasteiger partial charge in [-0.25, -0.2) is 0 Å². The molecule has 3 aromatic rings. The van der Waals surface area contributed by atoms with Crippen LogP contribution in [0.4, 0.5) is 0 Å². The van der Waals surface area contributed by atoms with E-state index in [0.717, 1.165) is 44.0 Å². The van der Waals surface area contributed by atoms with Crippen LogP contribution in [-0.2, 0) is 16.1 Å². The van der Waals surface area contributed by atoms with E-state index in [9.17, 15) is 4.79 Å². The number of thiophene rings is 1. The molecular formula is C26H30N4O3S. The molecule has 0 saturated carbocycles. The van der Waals surface area contributed by atoms with Gasteiger partial charge in [0.25, 0.3) is 0 Å². The normalized spacial score (nSPS) is 20.1. The number of para-hydroxylation sites is 1. The Hall–Kier alpha value is -2.78. The van der Waals surface area contributed by atoms with Crippen LogP contribution in [0.1, 0.15) is 28.8 Å². The SMILES string of the molecule is O=C(NCCN1Cc2ccccc2OC(c2ccsc2)C1)C(c1cccnc1)N1CCOCC1. The number of fused-ring (bicyclic) bond motifs is 1. The van der Waals surface area contributed by atoms with Crippen LogP contribution in [0.3, 0.4) is 0 Å². The topological polar surface area (TPSA) is 66.9 Å². The Morgan fingerprint density at radius 3 is 2.85 bits per heavy atom. The molecule has 0 spiro atoms. The minimum absolute atomic E-state index is 0.00996. The van der Waals surface area contributed by atoms with Crippen molar-refractivity contribution in [2.24, 2.45) is 0 Å². The first-order valence-electron chi connectivity index (χ1n) is 11.8. The average molecular weight is 479 g/mol. The Kier molecular flexibility index (Phi) is 7.50. The Morgan fingerprint density at radius 1 is 1.18 bits per heavy atom. The number of ether oxygens (including phenoxy) is 2. The van der Waals surface area contributed by atoms with Crippen molar-refractivity contribution in [2.45, 2.75) is 18.7 Å². The minimum atomic E-state index is -0.357. The van der Waals surface area contributed by atoms with E-state index in [-0.39, 0.29) is 18.1 Å². The highest BCUT2D eigenvalue weighted by molar-refractivity contribution is 7.07. The highest BCUT2D eigenvalue weighted by Crippen LogP contribution is 2.31. The smallest absolute Gasteiger partial charge is 0.242 e.